The molecule has 0 aromatic rings. The summed E-state index contributed by atoms with van der Waals surface area (Å²) in [6.07, 6.45) is 6.12. The molecule has 0 aliphatic heterocycles. The highest BCUT2D eigenvalue weighted by Gasteiger charge is 2.31. The maximum atomic E-state index is 10.4. The Morgan fingerprint density at radius 2 is 2.14 bits per heavy atom. The second-order valence-electron chi connectivity index (χ2n) is 5.03. The van der Waals surface area contributed by atoms with Gasteiger partial charge in [-0.25, -0.2) is 0 Å². The van der Waals surface area contributed by atoms with Gasteiger partial charge in [-0.15, -0.1) is 0 Å². The van der Waals surface area contributed by atoms with Gasteiger partial charge in [-0.3, -0.25) is 0 Å². The third kappa shape index (κ3) is 3.09. The van der Waals surface area contributed by atoms with Crippen LogP contribution in [-0.2, 0) is 4.79 Å². The zero-order chi connectivity index (χ0) is 10.6. The second-order valence-corrected chi connectivity index (χ2v) is 5.03. The first-order valence-electron chi connectivity index (χ1n) is 5.73. The van der Waals surface area contributed by atoms with E-state index in [4.69, 9.17) is 0 Å². The Kier molecular flexibility index (Phi) is 4.11. The van der Waals surface area contributed by atoms with Gasteiger partial charge in [0, 0.05) is 6.42 Å². The van der Waals surface area contributed by atoms with Gasteiger partial charge in [-0.05, 0) is 31.1 Å². The summed E-state index contributed by atoms with van der Waals surface area (Å²) in [5.41, 5.74) is -0.689. The van der Waals surface area contributed by atoms with Gasteiger partial charge in [0.05, 0.1) is 5.60 Å². The highest BCUT2D eigenvalue weighted by atomic mass is 16.3. The molecule has 0 spiro atoms. The molecular formula is C12H22O2. The summed E-state index contributed by atoms with van der Waals surface area (Å²) >= 11 is 0. The van der Waals surface area contributed by atoms with Crippen molar-refractivity contribution in [1.82, 2.24) is 0 Å². The monoisotopic (exact) mass is 198 g/mol. The van der Waals surface area contributed by atoms with E-state index in [1.54, 1.807) is 0 Å². The summed E-state index contributed by atoms with van der Waals surface area (Å²) in [5.74, 6) is 1.43. The molecule has 2 unspecified atom stereocenters. The van der Waals surface area contributed by atoms with E-state index >= 15 is 0 Å². The van der Waals surface area contributed by atoms with Crippen molar-refractivity contribution < 1.29 is 9.90 Å². The zero-order valence-electron chi connectivity index (χ0n) is 9.33. The summed E-state index contributed by atoms with van der Waals surface area (Å²) in [6, 6.07) is 0. The smallest absolute Gasteiger partial charge is 0.122 e. The van der Waals surface area contributed by atoms with Crippen molar-refractivity contribution in [1.29, 1.82) is 0 Å². The van der Waals surface area contributed by atoms with Gasteiger partial charge in [-0.2, -0.15) is 0 Å². The van der Waals surface area contributed by atoms with Crippen molar-refractivity contribution in [2.45, 2.75) is 58.0 Å². The summed E-state index contributed by atoms with van der Waals surface area (Å²) in [7, 11) is 0. The van der Waals surface area contributed by atoms with Crippen molar-refractivity contribution in [3.05, 3.63) is 0 Å². The van der Waals surface area contributed by atoms with Crippen LogP contribution in [0.5, 0.6) is 0 Å². The van der Waals surface area contributed by atoms with Crippen LogP contribution in [0.2, 0.25) is 0 Å². The van der Waals surface area contributed by atoms with Gasteiger partial charge in [0.2, 0.25) is 0 Å². The van der Waals surface area contributed by atoms with Crippen molar-refractivity contribution in [3.63, 3.8) is 0 Å². The Morgan fingerprint density at radius 1 is 1.43 bits per heavy atom. The van der Waals surface area contributed by atoms with E-state index in [9.17, 15) is 9.90 Å². The molecule has 1 fully saturated rings. The lowest BCUT2D eigenvalue weighted by Crippen LogP contribution is -2.28. The number of aliphatic hydroxyl groups is 1. The summed E-state index contributed by atoms with van der Waals surface area (Å²) in [4.78, 5) is 10.4. The minimum Gasteiger partial charge on any atom is -0.389 e. The van der Waals surface area contributed by atoms with Crippen LogP contribution in [0, 0.1) is 11.8 Å². The molecule has 1 aliphatic carbocycles. The molecule has 0 radical (unpaired) electrons. The van der Waals surface area contributed by atoms with E-state index in [-0.39, 0.29) is 0 Å². The van der Waals surface area contributed by atoms with Gasteiger partial charge in [0.25, 0.3) is 0 Å². The molecule has 1 saturated carbocycles. The van der Waals surface area contributed by atoms with Crippen molar-refractivity contribution in [2.75, 3.05) is 0 Å². The first-order chi connectivity index (χ1) is 6.57. The third-order valence-electron chi connectivity index (χ3n) is 3.60. The van der Waals surface area contributed by atoms with Crippen molar-refractivity contribution in [2.24, 2.45) is 11.8 Å². The van der Waals surface area contributed by atoms with E-state index in [0.717, 1.165) is 37.9 Å². The summed E-state index contributed by atoms with van der Waals surface area (Å²) in [5, 5.41) is 10.1. The molecule has 0 aromatic heterocycles. The standard InChI is InChI=1S/C12H22O2/c1-10(2)11-4-3-6-12(14,7-5-11)8-9-13/h9-11,14H,3-8H2,1-2H3. The molecule has 82 valence electrons. The zero-order valence-corrected chi connectivity index (χ0v) is 9.33. The fraction of sp³-hybridized carbons (Fsp3) is 0.917. The largest absolute Gasteiger partial charge is 0.389 e. The normalized spacial score (nSPS) is 34.1. The molecule has 0 heterocycles. The van der Waals surface area contributed by atoms with Gasteiger partial charge >= 0.3 is 0 Å². The first-order valence-corrected chi connectivity index (χ1v) is 5.73. The van der Waals surface area contributed by atoms with E-state index in [0.29, 0.717) is 12.3 Å². The predicted octanol–water partition coefficient (Wildman–Crippen LogP) is 2.54. The van der Waals surface area contributed by atoms with Crippen LogP contribution in [0.25, 0.3) is 0 Å². The minimum atomic E-state index is -0.689. The molecule has 1 N–H and O–H groups in total. The lowest BCUT2D eigenvalue weighted by molar-refractivity contribution is -0.112. The molecular weight excluding hydrogens is 176 g/mol. The van der Waals surface area contributed by atoms with Crippen LogP contribution < -0.4 is 0 Å². The van der Waals surface area contributed by atoms with Crippen LogP contribution >= 0.6 is 0 Å². The van der Waals surface area contributed by atoms with Gasteiger partial charge in [0.15, 0.2) is 0 Å². The van der Waals surface area contributed by atoms with Crippen LogP contribution in [0.3, 0.4) is 0 Å². The quantitative estimate of drug-likeness (QED) is 0.559. The maximum Gasteiger partial charge on any atom is 0.122 e. The molecule has 0 bridgehead atoms. The molecule has 0 amide bonds. The molecule has 1 aliphatic rings. The molecule has 2 nitrogen and oxygen atoms in total. The molecule has 2 atom stereocenters. The number of hydrogen-bond donors (Lipinski definition) is 1. The van der Waals surface area contributed by atoms with E-state index in [1.165, 1.54) is 6.42 Å². The molecule has 1 rings (SSSR count). The fourth-order valence-corrected chi connectivity index (χ4v) is 2.44. The van der Waals surface area contributed by atoms with E-state index in [2.05, 4.69) is 13.8 Å². The maximum absolute atomic E-state index is 10.4. The number of rotatable bonds is 3. The number of aldehydes is 1. The van der Waals surface area contributed by atoms with E-state index < -0.39 is 5.60 Å². The first kappa shape index (κ1) is 11.7. The van der Waals surface area contributed by atoms with Crippen LogP contribution in [-0.4, -0.2) is 17.0 Å². The Morgan fingerprint density at radius 3 is 2.71 bits per heavy atom. The fourth-order valence-electron chi connectivity index (χ4n) is 2.44. The van der Waals surface area contributed by atoms with Gasteiger partial charge in [-0.1, -0.05) is 26.7 Å². The number of carbonyl (C=O) groups excluding carboxylic acids is 1. The molecule has 0 aromatic carbocycles. The molecule has 0 saturated heterocycles. The van der Waals surface area contributed by atoms with E-state index in [1.807, 2.05) is 0 Å². The predicted molar refractivity (Wildman–Crippen MR) is 57.0 cm³/mol. The third-order valence-corrected chi connectivity index (χ3v) is 3.60. The second kappa shape index (κ2) is 4.92. The van der Waals surface area contributed by atoms with Crippen LogP contribution in [0.1, 0.15) is 52.4 Å². The highest BCUT2D eigenvalue weighted by molar-refractivity contribution is 5.51. The highest BCUT2D eigenvalue weighted by Crippen LogP contribution is 2.35. The van der Waals surface area contributed by atoms with Crippen LogP contribution in [0.4, 0.5) is 0 Å². The SMILES string of the molecule is CC(C)C1CCCC(O)(CC=O)CC1. The Hall–Kier alpha value is -0.370. The Balaban J connectivity index is 2.51. The van der Waals surface area contributed by atoms with Crippen LogP contribution in [0.15, 0.2) is 0 Å². The molecule has 2 heteroatoms. The summed E-state index contributed by atoms with van der Waals surface area (Å²) in [6.45, 7) is 4.49. The lowest BCUT2D eigenvalue weighted by atomic mass is 9.87. The lowest BCUT2D eigenvalue weighted by Gasteiger charge is -2.24. The Bertz CT molecular complexity index is 189. The Labute approximate surface area is 86.7 Å². The topological polar surface area (TPSA) is 37.3 Å². The number of carbonyl (C=O) groups is 1. The van der Waals surface area contributed by atoms with Crippen molar-refractivity contribution >= 4 is 6.29 Å². The van der Waals surface area contributed by atoms with Crippen molar-refractivity contribution in [3.8, 4) is 0 Å². The summed E-state index contributed by atoms with van der Waals surface area (Å²) < 4.78 is 0. The molecule has 14 heavy (non-hydrogen) atoms. The van der Waals surface area contributed by atoms with Gasteiger partial charge in [0.1, 0.15) is 6.29 Å². The minimum absolute atomic E-state index is 0.317. The average molecular weight is 198 g/mol. The van der Waals surface area contributed by atoms with Gasteiger partial charge < -0.3 is 9.90 Å². The number of hydrogen-bond acceptors (Lipinski definition) is 2. The average Bonchev–Trinajstić information content (AvgIpc) is 2.28.